The molecule has 1 saturated carbocycles. The van der Waals surface area contributed by atoms with Crippen LogP contribution in [0.3, 0.4) is 0 Å². The fraction of sp³-hybridized carbons (Fsp3) is 0.579. The van der Waals surface area contributed by atoms with Gasteiger partial charge in [-0.1, -0.05) is 12.5 Å². The van der Waals surface area contributed by atoms with E-state index in [0.29, 0.717) is 23.8 Å². The van der Waals surface area contributed by atoms with Gasteiger partial charge < -0.3 is 4.90 Å². The number of fused-ring (bicyclic) bond motifs is 1. The van der Waals surface area contributed by atoms with Gasteiger partial charge in [0.2, 0.25) is 5.91 Å². The van der Waals surface area contributed by atoms with Crippen LogP contribution in [0.15, 0.2) is 18.2 Å². The first kappa shape index (κ1) is 15.6. The molecule has 24 heavy (non-hydrogen) atoms. The third kappa shape index (κ3) is 2.71. The maximum Gasteiger partial charge on any atom is 0.274 e. The predicted octanol–water partition coefficient (Wildman–Crippen LogP) is 2.31. The molecule has 0 radical (unpaired) electrons. The molecular formula is C19H24N2O3. The number of nitrogens with zero attached hydrogens (tertiary/aromatic N) is 1. The summed E-state index contributed by atoms with van der Waals surface area (Å²) in [6.07, 6.45) is 7.32. The van der Waals surface area contributed by atoms with Gasteiger partial charge in [-0.3, -0.25) is 14.8 Å². The van der Waals surface area contributed by atoms with E-state index >= 15 is 0 Å². The molecule has 1 aliphatic heterocycles. The number of rotatable bonds is 3. The quantitative estimate of drug-likeness (QED) is 0.661. The Kier molecular flexibility index (Phi) is 3.83. The minimum absolute atomic E-state index is 0.0299. The van der Waals surface area contributed by atoms with Gasteiger partial charge in [0.1, 0.15) is 0 Å². The number of benzene rings is 1. The number of hydrogen-bond acceptors (Lipinski definition) is 3. The molecule has 2 aliphatic carbocycles. The Bertz CT molecular complexity index is 683. The van der Waals surface area contributed by atoms with Gasteiger partial charge in [0, 0.05) is 30.5 Å². The van der Waals surface area contributed by atoms with Crippen molar-refractivity contribution in [1.29, 1.82) is 0 Å². The van der Waals surface area contributed by atoms with Gasteiger partial charge in [0.05, 0.1) is 0 Å². The highest BCUT2D eigenvalue weighted by Crippen LogP contribution is 2.44. The highest BCUT2D eigenvalue weighted by atomic mass is 16.5. The molecule has 0 bridgehead atoms. The van der Waals surface area contributed by atoms with Crippen LogP contribution in [0.5, 0.6) is 0 Å². The minimum Gasteiger partial charge on any atom is -0.342 e. The molecule has 2 N–H and O–H groups in total. The number of hydrogen-bond donors (Lipinski definition) is 2. The molecule has 1 atom stereocenters. The molecule has 1 aromatic rings. The fourth-order valence-corrected chi connectivity index (χ4v) is 4.55. The van der Waals surface area contributed by atoms with E-state index in [1.807, 2.05) is 12.1 Å². The Morgan fingerprint density at radius 3 is 2.83 bits per heavy atom. The Morgan fingerprint density at radius 1 is 1.29 bits per heavy atom. The molecule has 0 aromatic heterocycles. The summed E-state index contributed by atoms with van der Waals surface area (Å²) in [4.78, 5) is 26.2. The summed E-state index contributed by atoms with van der Waals surface area (Å²) in [5, 5.41) is 8.83. The molecule has 1 saturated heterocycles. The van der Waals surface area contributed by atoms with Gasteiger partial charge in [-0.15, -0.1) is 0 Å². The lowest BCUT2D eigenvalue weighted by Crippen LogP contribution is -2.37. The van der Waals surface area contributed by atoms with E-state index in [4.69, 9.17) is 5.21 Å². The van der Waals surface area contributed by atoms with Crippen molar-refractivity contribution < 1.29 is 14.8 Å². The summed E-state index contributed by atoms with van der Waals surface area (Å²) >= 11 is 0. The second kappa shape index (κ2) is 5.88. The van der Waals surface area contributed by atoms with Gasteiger partial charge in [-0.05, 0) is 61.3 Å². The van der Waals surface area contributed by atoms with Crippen LogP contribution in [-0.2, 0) is 17.6 Å². The monoisotopic (exact) mass is 328 g/mol. The van der Waals surface area contributed by atoms with E-state index in [1.165, 1.54) is 24.8 Å². The van der Waals surface area contributed by atoms with Crippen LogP contribution >= 0.6 is 0 Å². The van der Waals surface area contributed by atoms with Gasteiger partial charge in [0.15, 0.2) is 0 Å². The van der Waals surface area contributed by atoms with Crippen molar-refractivity contribution in [3.05, 3.63) is 34.9 Å². The van der Waals surface area contributed by atoms with E-state index in [1.54, 1.807) is 11.5 Å². The third-order valence-electron chi connectivity index (χ3n) is 6.17. The summed E-state index contributed by atoms with van der Waals surface area (Å²) in [6, 6.07) is 5.61. The van der Waals surface area contributed by atoms with Crippen LogP contribution in [0.4, 0.5) is 0 Å². The van der Waals surface area contributed by atoms with Crippen molar-refractivity contribution in [2.45, 2.75) is 44.9 Å². The van der Waals surface area contributed by atoms with Crippen LogP contribution in [0.1, 0.15) is 53.6 Å². The number of amides is 2. The molecule has 128 valence electrons. The maximum atomic E-state index is 12.5. The van der Waals surface area contributed by atoms with Crippen molar-refractivity contribution >= 4 is 11.8 Å². The third-order valence-corrected chi connectivity index (χ3v) is 6.17. The normalized spacial score (nSPS) is 26.4. The lowest BCUT2D eigenvalue weighted by Gasteiger charge is -2.35. The first-order valence-corrected chi connectivity index (χ1v) is 8.93. The highest BCUT2D eigenvalue weighted by molar-refractivity contribution is 5.93. The van der Waals surface area contributed by atoms with Crippen LogP contribution in [0.25, 0.3) is 0 Å². The molecule has 1 spiro atoms. The number of aryl methyl sites for hydroxylation is 1. The van der Waals surface area contributed by atoms with Gasteiger partial charge in [-0.2, -0.15) is 0 Å². The average Bonchev–Trinajstić information content (AvgIpc) is 2.84. The van der Waals surface area contributed by atoms with Crippen molar-refractivity contribution in [1.82, 2.24) is 10.4 Å². The van der Waals surface area contributed by atoms with Crippen molar-refractivity contribution in [3.8, 4) is 0 Å². The average molecular weight is 328 g/mol. The predicted molar refractivity (Wildman–Crippen MR) is 88.7 cm³/mol. The Balaban J connectivity index is 1.52. The fourth-order valence-electron chi connectivity index (χ4n) is 4.55. The van der Waals surface area contributed by atoms with Gasteiger partial charge in [-0.25, -0.2) is 5.48 Å². The molecule has 1 aromatic carbocycles. The summed E-state index contributed by atoms with van der Waals surface area (Å²) in [5.41, 5.74) is 4.62. The zero-order valence-electron chi connectivity index (χ0n) is 13.9. The van der Waals surface area contributed by atoms with Gasteiger partial charge in [0.25, 0.3) is 5.91 Å². The number of hydroxylamine groups is 1. The van der Waals surface area contributed by atoms with E-state index in [2.05, 4.69) is 4.90 Å². The van der Waals surface area contributed by atoms with Crippen LogP contribution < -0.4 is 5.48 Å². The number of carbonyl (C=O) groups is 2. The first-order chi connectivity index (χ1) is 11.6. The van der Waals surface area contributed by atoms with E-state index in [0.717, 1.165) is 37.9 Å². The summed E-state index contributed by atoms with van der Waals surface area (Å²) in [6.45, 7) is 1.79. The standard InChI is InChI=1S/C19H24N2O3/c22-17-10-19(12-21(17)11-13-2-1-3-13)7-6-14-4-5-15(18(23)20-24)8-16(14)9-19/h4-5,8,13,24H,1-3,6-7,9-12H2,(H,20,23)/t19-/m0/s1. The Labute approximate surface area is 142 Å². The van der Waals surface area contributed by atoms with Crippen LogP contribution in [-0.4, -0.2) is 35.0 Å². The molecule has 2 fully saturated rings. The largest absolute Gasteiger partial charge is 0.342 e. The van der Waals surface area contributed by atoms with Crippen molar-refractivity contribution in [2.24, 2.45) is 11.3 Å². The molecule has 0 unspecified atom stereocenters. The number of carbonyl (C=O) groups excluding carboxylic acids is 2. The summed E-state index contributed by atoms with van der Waals surface area (Å²) in [5.74, 6) is 0.529. The van der Waals surface area contributed by atoms with Crippen molar-refractivity contribution in [2.75, 3.05) is 13.1 Å². The first-order valence-electron chi connectivity index (χ1n) is 8.93. The number of nitrogens with one attached hydrogen (secondary N) is 1. The zero-order valence-corrected chi connectivity index (χ0v) is 13.9. The summed E-state index contributed by atoms with van der Waals surface area (Å²) in [7, 11) is 0. The Morgan fingerprint density at radius 2 is 2.12 bits per heavy atom. The molecular weight excluding hydrogens is 304 g/mol. The van der Waals surface area contributed by atoms with E-state index in [-0.39, 0.29) is 5.41 Å². The smallest absolute Gasteiger partial charge is 0.274 e. The Hall–Kier alpha value is -1.88. The molecule has 2 amide bonds. The maximum absolute atomic E-state index is 12.5. The molecule has 5 heteroatoms. The molecule has 1 heterocycles. The lowest BCUT2D eigenvalue weighted by molar-refractivity contribution is -0.128. The SMILES string of the molecule is O=C(NO)c1ccc2c(c1)C[C@@]1(CC2)CC(=O)N(CC2CCC2)C1. The zero-order chi connectivity index (χ0) is 16.7. The highest BCUT2D eigenvalue weighted by Gasteiger charge is 2.45. The summed E-state index contributed by atoms with van der Waals surface area (Å²) < 4.78 is 0. The molecule has 3 aliphatic rings. The lowest BCUT2D eigenvalue weighted by atomic mass is 9.70. The number of likely N-dealkylation sites (tertiary alicyclic amines) is 1. The van der Waals surface area contributed by atoms with E-state index < -0.39 is 5.91 Å². The van der Waals surface area contributed by atoms with Crippen LogP contribution in [0, 0.1) is 11.3 Å². The van der Waals surface area contributed by atoms with Crippen molar-refractivity contribution in [3.63, 3.8) is 0 Å². The topological polar surface area (TPSA) is 69.6 Å². The van der Waals surface area contributed by atoms with Gasteiger partial charge >= 0.3 is 0 Å². The van der Waals surface area contributed by atoms with E-state index in [9.17, 15) is 9.59 Å². The second-order valence-corrected chi connectivity index (χ2v) is 7.85. The molecule has 5 nitrogen and oxygen atoms in total. The second-order valence-electron chi connectivity index (χ2n) is 7.85. The minimum atomic E-state index is -0.480. The van der Waals surface area contributed by atoms with Crippen LogP contribution in [0.2, 0.25) is 0 Å². The molecule has 4 rings (SSSR count).